The Morgan fingerprint density at radius 2 is 1.26 bits per heavy atom. The molecule has 0 atom stereocenters. The van der Waals surface area contributed by atoms with Crippen LogP contribution < -0.4 is 0 Å². The molecule has 0 saturated heterocycles. The molecule has 0 aliphatic carbocycles. The lowest BCUT2D eigenvalue weighted by Crippen LogP contribution is -1.98. The maximum atomic E-state index is 4.10. The van der Waals surface area contributed by atoms with E-state index in [4.69, 9.17) is 0 Å². The number of rotatable bonds is 4. The Balaban J connectivity index is 0.000000312. The van der Waals surface area contributed by atoms with Crippen LogP contribution in [0.25, 0.3) is 0 Å². The molecule has 2 nitrogen and oxygen atoms in total. The number of nitrogens with zero attached hydrogens (tertiary/aromatic N) is 2. The lowest BCUT2D eigenvalue weighted by atomic mass is 9.27. The molecule has 0 amide bonds. The summed E-state index contributed by atoms with van der Waals surface area (Å²) in [5.74, 6) is 0. The van der Waals surface area contributed by atoms with Crippen molar-refractivity contribution in [3.63, 3.8) is 0 Å². The molecule has 0 saturated carbocycles. The second-order valence-electron chi connectivity index (χ2n) is 4.22. The highest BCUT2D eigenvalue weighted by molar-refractivity contribution is 7.23. The number of hydrogen-bond donors (Lipinski definition) is 0. The summed E-state index contributed by atoms with van der Waals surface area (Å²) in [5, 5.41) is 8.20. The number of azo groups is 1. The summed E-state index contributed by atoms with van der Waals surface area (Å²) in [4.78, 5) is 0. The van der Waals surface area contributed by atoms with Gasteiger partial charge in [0.2, 0.25) is 0 Å². The van der Waals surface area contributed by atoms with Gasteiger partial charge in [0.25, 0.3) is 0 Å². The van der Waals surface area contributed by atoms with Crippen LogP contribution in [0, 0.1) is 0 Å². The molecule has 0 aliphatic heterocycles. The van der Waals surface area contributed by atoms with E-state index in [1.165, 1.54) is 20.6 Å². The van der Waals surface area contributed by atoms with Crippen molar-refractivity contribution in [2.75, 3.05) is 0 Å². The van der Waals surface area contributed by atoms with Gasteiger partial charge in [0.1, 0.15) is 0 Å². The Bertz CT molecular complexity index is 417. The van der Waals surface area contributed by atoms with Gasteiger partial charge in [0, 0.05) is 0 Å². The van der Waals surface area contributed by atoms with Crippen LogP contribution in [0.3, 0.4) is 0 Å². The number of benzene rings is 2. The molecular formula is C14H19B3N2. The molecule has 0 radical (unpaired) electrons. The predicted molar refractivity (Wildman–Crippen MR) is 90.4 cm³/mol. The van der Waals surface area contributed by atoms with Gasteiger partial charge < -0.3 is 0 Å². The highest BCUT2D eigenvalue weighted by atomic mass is 15.1. The third kappa shape index (κ3) is 7.30. The largest absolute Gasteiger partial charge is 0.151 e. The van der Waals surface area contributed by atoms with Crippen LogP contribution in [-0.4, -0.2) is 22.0 Å². The van der Waals surface area contributed by atoms with Crippen molar-refractivity contribution < 1.29 is 0 Å². The molecule has 2 aromatic carbocycles. The lowest BCUT2D eigenvalue weighted by Gasteiger charge is -1.91. The Morgan fingerprint density at radius 3 is 1.53 bits per heavy atom. The summed E-state index contributed by atoms with van der Waals surface area (Å²) in [5.41, 5.74) is 1.74. The van der Waals surface area contributed by atoms with Gasteiger partial charge in [0.15, 0.2) is 0 Å². The smallest absolute Gasteiger partial charge is 0.0857 e. The van der Waals surface area contributed by atoms with Gasteiger partial charge in [-0.1, -0.05) is 49.6 Å². The van der Waals surface area contributed by atoms with Crippen LogP contribution in [-0.2, 0) is 0 Å². The van der Waals surface area contributed by atoms with E-state index in [1.54, 1.807) is 0 Å². The molecule has 0 fully saturated rings. The van der Waals surface area contributed by atoms with E-state index in [0.29, 0.717) is 0 Å². The summed E-state index contributed by atoms with van der Waals surface area (Å²) in [7, 11) is 4.94. The molecular weight excluding hydrogens is 229 g/mol. The molecule has 0 spiro atoms. The average Bonchev–Trinajstić information content (AvgIpc) is 2.49. The maximum Gasteiger partial charge on any atom is 0.0857 e. The van der Waals surface area contributed by atoms with E-state index in [-0.39, 0.29) is 0 Å². The highest BCUT2D eigenvalue weighted by Crippen LogP contribution is 2.16. The Labute approximate surface area is 118 Å². The molecule has 19 heavy (non-hydrogen) atoms. The van der Waals surface area contributed by atoms with Crippen molar-refractivity contribution in [2.45, 2.75) is 13.2 Å². The lowest BCUT2D eigenvalue weighted by molar-refractivity contribution is 1.23. The van der Waals surface area contributed by atoms with Crippen LogP contribution in [0.1, 0.15) is 6.92 Å². The fourth-order valence-corrected chi connectivity index (χ4v) is 1.46. The van der Waals surface area contributed by atoms with Crippen molar-refractivity contribution in [1.29, 1.82) is 0 Å². The van der Waals surface area contributed by atoms with E-state index in [1.807, 2.05) is 60.7 Å². The zero-order valence-electron chi connectivity index (χ0n) is 11.8. The fraction of sp³-hybridized carbons (Fsp3) is 0.143. The quantitative estimate of drug-likeness (QED) is 0.586. The summed E-state index contributed by atoms with van der Waals surface area (Å²) in [6.45, 7) is 2.21. The molecule has 5 heteroatoms. The van der Waals surface area contributed by atoms with E-state index in [0.717, 1.165) is 11.4 Å². The topological polar surface area (TPSA) is 24.7 Å². The molecule has 2 aromatic rings. The fourth-order valence-electron chi connectivity index (χ4n) is 1.46. The van der Waals surface area contributed by atoms with Crippen molar-refractivity contribution >= 4 is 33.3 Å². The van der Waals surface area contributed by atoms with E-state index >= 15 is 0 Å². The minimum atomic E-state index is 0.872. The van der Waals surface area contributed by atoms with Gasteiger partial charge in [-0.15, -0.1) is 0 Å². The minimum Gasteiger partial charge on any atom is -0.151 e. The first-order chi connectivity index (χ1) is 9.36. The number of hydrogen-bond acceptors (Lipinski definition) is 2. The van der Waals surface area contributed by atoms with E-state index < -0.39 is 0 Å². The monoisotopic (exact) mass is 248 g/mol. The molecule has 0 bridgehead atoms. The van der Waals surface area contributed by atoms with Gasteiger partial charge in [0.05, 0.1) is 33.3 Å². The molecule has 0 heterocycles. The van der Waals surface area contributed by atoms with Crippen LogP contribution in [0.4, 0.5) is 11.4 Å². The van der Waals surface area contributed by atoms with E-state index in [2.05, 4.69) is 24.9 Å². The zero-order chi connectivity index (χ0) is 13.8. The van der Waals surface area contributed by atoms with Crippen molar-refractivity contribution in [3.05, 3.63) is 60.7 Å². The Morgan fingerprint density at radius 1 is 0.842 bits per heavy atom. The molecule has 0 aromatic heterocycles. The second kappa shape index (κ2) is 10.2. The summed E-state index contributed by atoms with van der Waals surface area (Å²) < 4.78 is 0. The van der Waals surface area contributed by atoms with Crippen LogP contribution in [0.15, 0.2) is 70.9 Å². The van der Waals surface area contributed by atoms with Gasteiger partial charge in [-0.25, -0.2) is 0 Å². The molecule has 0 aliphatic rings. The minimum absolute atomic E-state index is 0.872. The molecule has 94 valence electrons. The normalized spacial score (nSPS) is 9.53. The van der Waals surface area contributed by atoms with Crippen LogP contribution in [0.5, 0.6) is 0 Å². The summed E-state index contributed by atoms with van der Waals surface area (Å²) in [6, 6.07) is 19.4. The average molecular weight is 248 g/mol. The first kappa shape index (κ1) is 15.3. The highest BCUT2D eigenvalue weighted by Gasteiger charge is 1.86. The van der Waals surface area contributed by atoms with Gasteiger partial charge in [-0.2, -0.15) is 10.2 Å². The van der Waals surface area contributed by atoms with Crippen molar-refractivity contribution in [2.24, 2.45) is 10.2 Å². The third-order valence-corrected chi connectivity index (χ3v) is 2.50. The molecule has 0 unspecified atom stereocenters. The Hall–Kier alpha value is -1.77. The zero-order valence-corrected chi connectivity index (χ0v) is 11.8. The van der Waals surface area contributed by atoms with E-state index in [9.17, 15) is 0 Å². The second-order valence-corrected chi connectivity index (χ2v) is 4.22. The van der Waals surface area contributed by atoms with Crippen molar-refractivity contribution in [3.8, 4) is 0 Å². The predicted octanol–water partition coefficient (Wildman–Crippen LogP) is 2.86. The standard InChI is InChI=1S/C12H10N2.C2H9B3/c1-3-7-11(8-4-1)13-14-12-9-5-2-6-10-12;1-2-4-5-3/h1-10H;4-5H,2-3H2,1H3. The van der Waals surface area contributed by atoms with Gasteiger partial charge >= 0.3 is 0 Å². The Kier molecular flexibility index (Phi) is 8.20. The van der Waals surface area contributed by atoms with Gasteiger partial charge in [-0.3, -0.25) is 0 Å². The van der Waals surface area contributed by atoms with Crippen LogP contribution >= 0.6 is 0 Å². The maximum absolute atomic E-state index is 4.10. The summed E-state index contributed by atoms with van der Waals surface area (Å²) >= 11 is 0. The first-order valence-electron chi connectivity index (χ1n) is 6.88. The first-order valence-corrected chi connectivity index (χ1v) is 6.88. The van der Waals surface area contributed by atoms with Crippen LogP contribution in [0.2, 0.25) is 6.32 Å². The summed E-state index contributed by atoms with van der Waals surface area (Å²) in [6.07, 6.45) is 1.34. The molecule has 2 rings (SSSR count). The van der Waals surface area contributed by atoms with Crippen molar-refractivity contribution in [1.82, 2.24) is 0 Å². The van der Waals surface area contributed by atoms with Gasteiger partial charge in [-0.05, 0) is 24.3 Å². The molecule has 0 N–H and O–H groups in total. The third-order valence-electron chi connectivity index (χ3n) is 2.50. The SMILES string of the molecule is BBBCC.c1ccc(N=Nc2ccccc2)cc1.